The molecule has 1 N–H and O–H groups in total. The van der Waals surface area contributed by atoms with Crippen molar-refractivity contribution in [1.82, 2.24) is 14.8 Å². The van der Waals surface area contributed by atoms with Crippen LogP contribution in [0.3, 0.4) is 0 Å². The lowest BCUT2D eigenvalue weighted by Crippen LogP contribution is -2.34. The summed E-state index contributed by atoms with van der Waals surface area (Å²) in [4.78, 5) is 21.6. The van der Waals surface area contributed by atoms with Gasteiger partial charge in [-0.15, -0.1) is 0 Å². The Morgan fingerprint density at radius 1 is 1.14 bits per heavy atom. The lowest BCUT2D eigenvalue weighted by Gasteiger charge is -2.21. The molecular weight excluding hydrogens is 352 g/mol. The van der Waals surface area contributed by atoms with Crippen molar-refractivity contribution in [3.63, 3.8) is 0 Å². The largest absolute Gasteiger partial charge is 0.497 e. The number of nitrogens with zero attached hydrogens (tertiary/aromatic N) is 3. The Balaban J connectivity index is 1.86. The number of nitrogens with one attached hydrogen (secondary N) is 1. The van der Waals surface area contributed by atoms with Crippen molar-refractivity contribution in [2.45, 2.75) is 12.8 Å². The first-order valence-electron chi connectivity index (χ1n) is 9.76. The molecule has 0 bridgehead atoms. The number of hydrogen-bond donors (Lipinski definition) is 1. The maximum atomic E-state index is 13.1. The van der Waals surface area contributed by atoms with Crippen LogP contribution in [0, 0.1) is 5.92 Å². The van der Waals surface area contributed by atoms with Gasteiger partial charge in [-0.25, -0.2) is 4.98 Å². The van der Waals surface area contributed by atoms with Crippen LogP contribution >= 0.6 is 0 Å². The summed E-state index contributed by atoms with van der Waals surface area (Å²) in [7, 11) is 7.51. The number of benzene rings is 1. The van der Waals surface area contributed by atoms with Crippen LogP contribution in [0.15, 0.2) is 36.5 Å². The third-order valence-electron chi connectivity index (χ3n) is 5.03. The predicted octanol–water partition coefficient (Wildman–Crippen LogP) is 3.21. The van der Waals surface area contributed by atoms with Crippen LogP contribution in [-0.2, 0) is 0 Å². The number of carbonyl (C=O) groups is 1. The van der Waals surface area contributed by atoms with Gasteiger partial charge in [-0.2, -0.15) is 0 Å². The van der Waals surface area contributed by atoms with Crippen molar-refractivity contribution in [3.05, 3.63) is 42.1 Å². The van der Waals surface area contributed by atoms with Gasteiger partial charge >= 0.3 is 0 Å². The number of hydrogen-bond acceptors (Lipinski definition) is 5. The van der Waals surface area contributed by atoms with Gasteiger partial charge in [-0.1, -0.05) is 12.1 Å². The number of amides is 1. The van der Waals surface area contributed by atoms with E-state index in [1.807, 2.05) is 57.7 Å². The zero-order valence-corrected chi connectivity index (χ0v) is 17.2. The summed E-state index contributed by atoms with van der Waals surface area (Å²) >= 11 is 0. The summed E-state index contributed by atoms with van der Waals surface area (Å²) in [5, 5.41) is 3.38. The highest BCUT2D eigenvalue weighted by Gasteiger charge is 2.23. The van der Waals surface area contributed by atoms with E-state index in [1.165, 1.54) is 12.8 Å². The van der Waals surface area contributed by atoms with Gasteiger partial charge in [0.05, 0.1) is 12.7 Å². The van der Waals surface area contributed by atoms with E-state index in [4.69, 9.17) is 4.74 Å². The molecule has 0 saturated heterocycles. The summed E-state index contributed by atoms with van der Waals surface area (Å²) in [6.45, 7) is 2.36. The van der Waals surface area contributed by atoms with Crippen molar-refractivity contribution in [2.24, 2.45) is 5.92 Å². The molecule has 1 aliphatic carbocycles. The van der Waals surface area contributed by atoms with Gasteiger partial charge in [0.15, 0.2) is 0 Å². The van der Waals surface area contributed by atoms with E-state index in [1.54, 1.807) is 12.0 Å². The molecule has 3 rings (SSSR count). The van der Waals surface area contributed by atoms with E-state index in [9.17, 15) is 4.79 Å². The first-order chi connectivity index (χ1) is 13.5. The Hall–Kier alpha value is -2.60. The van der Waals surface area contributed by atoms with Crippen molar-refractivity contribution in [1.29, 1.82) is 0 Å². The number of rotatable bonds is 9. The van der Waals surface area contributed by atoms with E-state index >= 15 is 0 Å². The lowest BCUT2D eigenvalue weighted by atomic mass is 10.0. The zero-order valence-electron chi connectivity index (χ0n) is 17.2. The van der Waals surface area contributed by atoms with E-state index in [2.05, 4.69) is 15.2 Å². The van der Waals surface area contributed by atoms with Crippen LogP contribution < -0.4 is 10.1 Å². The maximum absolute atomic E-state index is 13.1. The van der Waals surface area contributed by atoms with Crippen molar-refractivity contribution in [2.75, 3.05) is 53.2 Å². The standard InChI is InChI=1S/C22H30N4O2/c1-25(2)11-12-26(3)22(27)20-13-18(17-7-9-19(28-4)10-8-17)15-24-21(20)23-14-16-5-6-16/h7-10,13,15-16H,5-6,11-12,14H2,1-4H3,(H,23,24). The molecule has 0 aliphatic heterocycles. The fraction of sp³-hybridized carbons (Fsp3) is 0.455. The lowest BCUT2D eigenvalue weighted by molar-refractivity contribution is 0.0787. The van der Waals surface area contributed by atoms with Gasteiger partial charge in [-0.05, 0) is 56.6 Å². The van der Waals surface area contributed by atoms with E-state index < -0.39 is 0 Å². The van der Waals surface area contributed by atoms with E-state index in [0.717, 1.165) is 30.0 Å². The summed E-state index contributed by atoms with van der Waals surface area (Å²) < 4.78 is 5.23. The number of aromatic nitrogens is 1. The Morgan fingerprint density at radius 2 is 1.86 bits per heavy atom. The van der Waals surface area contributed by atoms with Crippen LogP contribution in [-0.4, -0.2) is 68.6 Å². The fourth-order valence-corrected chi connectivity index (χ4v) is 2.93. The highest BCUT2D eigenvalue weighted by atomic mass is 16.5. The predicted molar refractivity (Wildman–Crippen MR) is 113 cm³/mol. The molecule has 6 heteroatoms. The highest BCUT2D eigenvalue weighted by molar-refractivity contribution is 5.99. The summed E-state index contributed by atoms with van der Waals surface area (Å²) in [6, 6.07) is 9.74. The molecule has 1 aromatic heterocycles. The molecule has 1 amide bonds. The molecule has 1 aromatic carbocycles. The van der Waals surface area contributed by atoms with E-state index in [-0.39, 0.29) is 5.91 Å². The SMILES string of the molecule is COc1ccc(-c2cnc(NCC3CC3)c(C(=O)N(C)CCN(C)C)c2)cc1. The van der Waals surface area contributed by atoms with Crippen molar-refractivity contribution in [3.8, 4) is 16.9 Å². The first-order valence-corrected chi connectivity index (χ1v) is 9.76. The van der Waals surface area contributed by atoms with Crippen LogP contribution in [0.4, 0.5) is 5.82 Å². The number of methoxy groups -OCH3 is 1. The van der Waals surface area contributed by atoms with Crippen LogP contribution in [0.1, 0.15) is 23.2 Å². The number of carbonyl (C=O) groups excluding carboxylic acids is 1. The third kappa shape index (κ3) is 5.23. The molecule has 1 fully saturated rings. The van der Waals surface area contributed by atoms with Crippen molar-refractivity contribution < 1.29 is 9.53 Å². The maximum Gasteiger partial charge on any atom is 0.257 e. The molecule has 1 heterocycles. The molecule has 150 valence electrons. The van der Waals surface area contributed by atoms with E-state index in [0.29, 0.717) is 23.8 Å². The molecular formula is C22H30N4O2. The Bertz CT molecular complexity index is 801. The Morgan fingerprint density at radius 3 is 2.46 bits per heavy atom. The number of pyridine rings is 1. The number of anilines is 1. The summed E-state index contributed by atoms with van der Waals surface area (Å²) in [5.41, 5.74) is 2.55. The molecule has 0 spiro atoms. The topological polar surface area (TPSA) is 57.7 Å². The average Bonchev–Trinajstić information content (AvgIpc) is 3.54. The minimum Gasteiger partial charge on any atom is -0.497 e. The molecule has 0 unspecified atom stereocenters. The van der Waals surface area contributed by atoms with Gasteiger partial charge in [0.1, 0.15) is 11.6 Å². The minimum absolute atomic E-state index is 0.0111. The molecule has 6 nitrogen and oxygen atoms in total. The second kappa shape index (κ2) is 9.06. The second-order valence-corrected chi connectivity index (χ2v) is 7.70. The Labute approximate surface area is 167 Å². The molecule has 1 saturated carbocycles. The monoisotopic (exact) mass is 382 g/mol. The molecule has 2 aromatic rings. The van der Waals surface area contributed by atoms with Gasteiger partial charge in [0, 0.05) is 38.4 Å². The normalized spacial score (nSPS) is 13.5. The molecule has 28 heavy (non-hydrogen) atoms. The third-order valence-corrected chi connectivity index (χ3v) is 5.03. The summed E-state index contributed by atoms with van der Waals surface area (Å²) in [5.74, 6) is 2.17. The average molecular weight is 383 g/mol. The van der Waals surface area contributed by atoms with Gasteiger partial charge in [0.2, 0.25) is 0 Å². The smallest absolute Gasteiger partial charge is 0.257 e. The summed E-state index contributed by atoms with van der Waals surface area (Å²) in [6.07, 6.45) is 4.33. The second-order valence-electron chi connectivity index (χ2n) is 7.70. The van der Waals surface area contributed by atoms with Crippen molar-refractivity contribution >= 4 is 11.7 Å². The molecule has 1 aliphatic rings. The van der Waals surface area contributed by atoms with Crippen LogP contribution in [0.5, 0.6) is 5.75 Å². The quantitative estimate of drug-likeness (QED) is 0.722. The minimum atomic E-state index is -0.0111. The zero-order chi connectivity index (χ0) is 20.1. The first kappa shape index (κ1) is 20.1. The fourth-order valence-electron chi connectivity index (χ4n) is 2.93. The Kier molecular flexibility index (Phi) is 6.52. The highest BCUT2D eigenvalue weighted by Crippen LogP contribution is 2.30. The van der Waals surface area contributed by atoms with Gasteiger partial charge in [0.25, 0.3) is 5.91 Å². The van der Waals surface area contributed by atoms with Gasteiger partial charge in [-0.3, -0.25) is 4.79 Å². The molecule has 0 radical (unpaired) electrons. The number of likely N-dealkylation sites (N-methyl/N-ethyl adjacent to an activating group) is 2. The van der Waals surface area contributed by atoms with Gasteiger partial charge < -0.3 is 19.9 Å². The molecule has 0 atom stereocenters. The van der Waals surface area contributed by atoms with Crippen LogP contribution in [0.2, 0.25) is 0 Å². The van der Waals surface area contributed by atoms with Crippen LogP contribution in [0.25, 0.3) is 11.1 Å². The number of ether oxygens (including phenoxy) is 1.